The van der Waals surface area contributed by atoms with Gasteiger partial charge < -0.3 is 5.73 Å². The van der Waals surface area contributed by atoms with Crippen LogP contribution in [0.15, 0.2) is 34.0 Å². The largest absolute Gasteiger partial charge is 0.398 e. The highest BCUT2D eigenvalue weighted by molar-refractivity contribution is 9.12. The standard InChI is InChI=1S/C11H18BrN/c1-4-7-8-11(13)9(5-2)10(12)6-3/h6-8H,4-5,13H2,1-3H3/b8-7+,10-6+,11-9+. The molecule has 0 aromatic heterocycles. The van der Waals surface area contributed by atoms with Crippen LogP contribution in [0.4, 0.5) is 0 Å². The zero-order valence-electron chi connectivity index (χ0n) is 8.60. The molecule has 0 radical (unpaired) electrons. The van der Waals surface area contributed by atoms with E-state index in [2.05, 4.69) is 35.9 Å². The third kappa shape index (κ3) is 4.32. The summed E-state index contributed by atoms with van der Waals surface area (Å²) in [4.78, 5) is 0. The van der Waals surface area contributed by atoms with Crippen LogP contribution >= 0.6 is 15.9 Å². The first-order valence-corrected chi connectivity index (χ1v) is 5.43. The molecule has 0 atom stereocenters. The Morgan fingerprint density at radius 3 is 2.38 bits per heavy atom. The average molecular weight is 244 g/mol. The van der Waals surface area contributed by atoms with Crippen LogP contribution in [-0.2, 0) is 0 Å². The van der Waals surface area contributed by atoms with Gasteiger partial charge in [-0.3, -0.25) is 0 Å². The quantitative estimate of drug-likeness (QED) is 0.746. The van der Waals surface area contributed by atoms with E-state index in [9.17, 15) is 0 Å². The topological polar surface area (TPSA) is 26.0 Å². The third-order valence-corrected chi connectivity index (χ3v) is 2.71. The maximum Gasteiger partial charge on any atom is 0.0354 e. The number of allylic oxidation sites excluding steroid dienone is 5. The Bertz CT molecular complexity index is 236. The number of halogens is 1. The van der Waals surface area contributed by atoms with Gasteiger partial charge in [-0.05, 0) is 31.4 Å². The van der Waals surface area contributed by atoms with Crippen molar-refractivity contribution in [3.05, 3.63) is 34.0 Å². The van der Waals surface area contributed by atoms with Gasteiger partial charge >= 0.3 is 0 Å². The van der Waals surface area contributed by atoms with Gasteiger partial charge in [0.25, 0.3) is 0 Å². The first-order valence-electron chi connectivity index (χ1n) is 4.64. The number of rotatable bonds is 4. The fraction of sp³-hybridized carbons (Fsp3) is 0.455. The van der Waals surface area contributed by atoms with Crippen LogP contribution in [0.1, 0.15) is 33.6 Å². The van der Waals surface area contributed by atoms with Crippen molar-refractivity contribution >= 4 is 15.9 Å². The number of hydrogen-bond donors (Lipinski definition) is 1. The maximum absolute atomic E-state index is 5.91. The molecule has 2 N–H and O–H groups in total. The Hall–Kier alpha value is -0.500. The summed E-state index contributed by atoms with van der Waals surface area (Å²) < 4.78 is 1.09. The van der Waals surface area contributed by atoms with Crippen LogP contribution in [0.25, 0.3) is 0 Å². The highest BCUT2D eigenvalue weighted by atomic mass is 79.9. The van der Waals surface area contributed by atoms with Gasteiger partial charge in [0.2, 0.25) is 0 Å². The second-order valence-electron chi connectivity index (χ2n) is 2.73. The van der Waals surface area contributed by atoms with Gasteiger partial charge in [-0.25, -0.2) is 0 Å². The lowest BCUT2D eigenvalue weighted by molar-refractivity contribution is 1.10. The van der Waals surface area contributed by atoms with Crippen LogP contribution in [0.3, 0.4) is 0 Å². The van der Waals surface area contributed by atoms with E-state index in [0.29, 0.717) is 0 Å². The summed E-state index contributed by atoms with van der Waals surface area (Å²) in [7, 11) is 0. The first kappa shape index (κ1) is 12.5. The minimum atomic E-state index is 0.856. The molecule has 74 valence electrons. The molecular weight excluding hydrogens is 226 g/mol. The van der Waals surface area contributed by atoms with Gasteiger partial charge in [0.15, 0.2) is 0 Å². The molecule has 2 heteroatoms. The van der Waals surface area contributed by atoms with E-state index < -0.39 is 0 Å². The van der Waals surface area contributed by atoms with Gasteiger partial charge in [-0.1, -0.05) is 41.9 Å². The van der Waals surface area contributed by atoms with Crippen LogP contribution in [0.2, 0.25) is 0 Å². The van der Waals surface area contributed by atoms with E-state index in [1.807, 2.05) is 19.1 Å². The monoisotopic (exact) mass is 243 g/mol. The molecule has 0 amide bonds. The molecule has 0 heterocycles. The summed E-state index contributed by atoms with van der Waals surface area (Å²) in [5.74, 6) is 0. The zero-order valence-corrected chi connectivity index (χ0v) is 10.2. The van der Waals surface area contributed by atoms with Crippen molar-refractivity contribution < 1.29 is 0 Å². The van der Waals surface area contributed by atoms with E-state index in [0.717, 1.165) is 23.0 Å². The van der Waals surface area contributed by atoms with E-state index in [-0.39, 0.29) is 0 Å². The minimum absolute atomic E-state index is 0.856. The Morgan fingerprint density at radius 1 is 1.38 bits per heavy atom. The molecule has 0 fully saturated rings. The lowest BCUT2D eigenvalue weighted by atomic mass is 10.1. The Balaban J connectivity index is 4.79. The van der Waals surface area contributed by atoms with Gasteiger partial charge in [0.1, 0.15) is 0 Å². The zero-order chi connectivity index (χ0) is 10.3. The summed E-state index contributed by atoms with van der Waals surface area (Å²) >= 11 is 3.49. The molecule has 0 aliphatic heterocycles. The van der Waals surface area contributed by atoms with Crippen molar-refractivity contribution in [2.24, 2.45) is 5.73 Å². The molecular formula is C11H18BrN. The highest BCUT2D eigenvalue weighted by Crippen LogP contribution is 2.22. The Labute approximate surface area is 89.5 Å². The fourth-order valence-corrected chi connectivity index (χ4v) is 1.54. The Kier molecular flexibility index (Phi) is 6.69. The van der Waals surface area contributed by atoms with Gasteiger partial charge in [0.05, 0.1) is 0 Å². The molecule has 0 spiro atoms. The third-order valence-electron chi connectivity index (χ3n) is 1.78. The van der Waals surface area contributed by atoms with Crippen LogP contribution in [-0.4, -0.2) is 0 Å². The van der Waals surface area contributed by atoms with Crippen molar-refractivity contribution in [2.75, 3.05) is 0 Å². The van der Waals surface area contributed by atoms with Gasteiger partial charge in [-0.2, -0.15) is 0 Å². The van der Waals surface area contributed by atoms with Gasteiger partial charge in [0, 0.05) is 10.2 Å². The van der Waals surface area contributed by atoms with Gasteiger partial charge in [-0.15, -0.1) is 0 Å². The van der Waals surface area contributed by atoms with Crippen molar-refractivity contribution in [1.82, 2.24) is 0 Å². The summed E-state index contributed by atoms with van der Waals surface area (Å²) in [6, 6.07) is 0. The number of hydrogen-bond acceptors (Lipinski definition) is 1. The Morgan fingerprint density at radius 2 is 2.00 bits per heavy atom. The van der Waals surface area contributed by atoms with Crippen LogP contribution in [0.5, 0.6) is 0 Å². The normalized spacial score (nSPS) is 14.9. The second-order valence-corrected chi connectivity index (χ2v) is 3.59. The molecule has 0 aliphatic carbocycles. The summed E-state index contributed by atoms with van der Waals surface area (Å²) in [6.07, 6.45) is 8.03. The molecule has 13 heavy (non-hydrogen) atoms. The second kappa shape index (κ2) is 6.96. The lowest BCUT2D eigenvalue weighted by Crippen LogP contribution is -1.99. The van der Waals surface area contributed by atoms with Crippen LogP contribution in [0, 0.1) is 0 Å². The van der Waals surface area contributed by atoms with Crippen molar-refractivity contribution in [1.29, 1.82) is 0 Å². The van der Waals surface area contributed by atoms with Crippen molar-refractivity contribution in [3.63, 3.8) is 0 Å². The predicted molar refractivity (Wildman–Crippen MR) is 63.6 cm³/mol. The van der Waals surface area contributed by atoms with Crippen LogP contribution < -0.4 is 5.73 Å². The predicted octanol–water partition coefficient (Wildman–Crippen LogP) is 3.87. The highest BCUT2D eigenvalue weighted by Gasteiger charge is 2.01. The van der Waals surface area contributed by atoms with E-state index in [1.165, 1.54) is 5.57 Å². The minimum Gasteiger partial charge on any atom is -0.398 e. The molecule has 0 aromatic carbocycles. The molecule has 0 saturated heterocycles. The van der Waals surface area contributed by atoms with E-state index in [1.54, 1.807) is 0 Å². The SMILES string of the molecule is C\C=C(Br)/C(CC)=C(N)\C=C\CC. The van der Waals surface area contributed by atoms with Crippen molar-refractivity contribution in [3.8, 4) is 0 Å². The summed E-state index contributed by atoms with van der Waals surface area (Å²) in [5.41, 5.74) is 7.94. The molecule has 1 nitrogen and oxygen atoms in total. The van der Waals surface area contributed by atoms with E-state index in [4.69, 9.17) is 5.73 Å². The molecule has 0 saturated carbocycles. The van der Waals surface area contributed by atoms with E-state index >= 15 is 0 Å². The molecule has 0 rings (SSSR count). The molecule has 0 bridgehead atoms. The molecule has 0 unspecified atom stereocenters. The average Bonchev–Trinajstić information content (AvgIpc) is 2.15. The lowest BCUT2D eigenvalue weighted by Gasteiger charge is -2.05. The summed E-state index contributed by atoms with van der Waals surface area (Å²) in [6.45, 7) is 6.20. The first-order chi connectivity index (χ1) is 6.17. The molecule has 0 aromatic rings. The smallest absolute Gasteiger partial charge is 0.0354 e. The maximum atomic E-state index is 5.91. The molecule has 0 aliphatic rings. The fourth-order valence-electron chi connectivity index (χ4n) is 1.03. The number of nitrogens with two attached hydrogens (primary N) is 1. The summed E-state index contributed by atoms with van der Waals surface area (Å²) in [5, 5.41) is 0. The van der Waals surface area contributed by atoms with Crippen molar-refractivity contribution in [2.45, 2.75) is 33.6 Å².